The van der Waals surface area contributed by atoms with Crippen LogP contribution in [0.25, 0.3) is 22.2 Å². The van der Waals surface area contributed by atoms with Crippen LogP contribution in [0.4, 0.5) is 22.0 Å². The third-order valence-electron chi connectivity index (χ3n) is 7.69. The predicted molar refractivity (Wildman–Crippen MR) is 131 cm³/mol. The topological polar surface area (TPSA) is 93.5 Å². The molecule has 4 aromatic rings. The molecule has 2 aliphatic rings. The zero-order valence-corrected chi connectivity index (χ0v) is 21.0. The SMILES string of the molecule is Cn1cnnc1CC1(c2cccc(-c3n[nH]c4c(CN[C@@H]5CCC(F)(F)C5)nc(C(F)(F)F)cc34)c2)COC1. The monoisotopic (exact) mass is 547 g/mol. The van der Waals surface area contributed by atoms with E-state index in [1.165, 1.54) is 0 Å². The molecular formula is C26H26F5N7O. The Labute approximate surface area is 220 Å². The van der Waals surface area contributed by atoms with Crippen molar-refractivity contribution in [3.63, 3.8) is 0 Å². The van der Waals surface area contributed by atoms with E-state index in [2.05, 4.69) is 30.7 Å². The molecule has 0 unspecified atom stereocenters. The quantitative estimate of drug-likeness (QED) is 0.330. The van der Waals surface area contributed by atoms with Gasteiger partial charge >= 0.3 is 6.18 Å². The van der Waals surface area contributed by atoms with Gasteiger partial charge in [0.25, 0.3) is 0 Å². The maximum absolute atomic E-state index is 13.8. The van der Waals surface area contributed by atoms with Gasteiger partial charge in [-0.15, -0.1) is 10.2 Å². The molecule has 0 amide bonds. The number of H-pyrrole nitrogens is 1. The summed E-state index contributed by atoms with van der Waals surface area (Å²) in [6.07, 6.45) is -2.82. The Bertz CT molecular complexity index is 1510. The van der Waals surface area contributed by atoms with Gasteiger partial charge in [0.2, 0.25) is 5.92 Å². The van der Waals surface area contributed by atoms with Crippen molar-refractivity contribution in [2.45, 2.75) is 55.8 Å². The number of aryl methyl sites for hydroxylation is 1. The van der Waals surface area contributed by atoms with Crippen molar-refractivity contribution >= 4 is 10.9 Å². The smallest absolute Gasteiger partial charge is 0.379 e. The molecular weight excluding hydrogens is 521 g/mol. The average Bonchev–Trinajstić information content (AvgIpc) is 3.57. The molecule has 2 fully saturated rings. The Hall–Kier alpha value is -3.45. The minimum atomic E-state index is -4.69. The Morgan fingerprint density at radius 1 is 1.21 bits per heavy atom. The number of aromatic amines is 1. The molecule has 1 aromatic carbocycles. The number of benzene rings is 1. The first kappa shape index (κ1) is 25.8. The van der Waals surface area contributed by atoms with Crippen molar-refractivity contribution in [2.24, 2.45) is 7.05 Å². The van der Waals surface area contributed by atoms with Gasteiger partial charge in [0.1, 0.15) is 23.5 Å². The van der Waals surface area contributed by atoms with Gasteiger partial charge in [-0.3, -0.25) is 5.10 Å². The van der Waals surface area contributed by atoms with Gasteiger partial charge in [0, 0.05) is 55.3 Å². The molecule has 3 aromatic heterocycles. The summed E-state index contributed by atoms with van der Waals surface area (Å²) in [6.45, 7) is 0.854. The molecule has 0 radical (unpaired) electrons. The largest absolute Gasteiger partial charge is 0.433 e. The van der Waals surface area contributed by atoms with Crippen LogP contribution in [0, 0.1) is 0 Å². The fraction of sp³-hybridized carbons (Fsp3) is 0.462. The van der Waals surface area contributed by atoms with Crippen molar-refractivity contribution in [3.8, 4) is 11.3 Å². The van der Waals surface area contributed by atoms with Gasteiger partial charge in [0.05, 0.1) is 24.4 Å². The maximum Gasteiger partial charge on any atom is 0.433 e. The van der Waals surface area contributed by atoms with E-state index in [4.69, 9.17) is 4.74 Å². The van der Waals surface area contributed by atoms with Crippen molar-refractivity contribution in [3.05, 3.63) is 59.4 Å². The molecule has 1 atom stereocenters. The molecule has 4 heterocycles. The van der Waals surface area contributed by atoms with E-state index in [1.54, 1.807) is 12.4 Å². The van der Waals surface area contributed by atoms with Crippen LogP contribution < -0.4 is 5.32 Å². The lowest BCUT2D eigenvalue weighted by Crippen LogP contribution is -2.49. The van der Waals surface area contributed by atoms with Crippen LogP contribution in [0.1, 0.15) is 42.0 Å². The first-order chi connectivity index (χ1) is 18.5. The molecule has 8 nitrogen and oxygen atoms in total. The van der Waals surface area contributed by atoms with Gasteiger partial charge in [-0.1, -0.05) is 18.2 Å². The van der Waals surface area contributed by atoms with E-state index in [9.17, 15) is 22.0 Å². The normalized spacial score (nSPS) is 20.4. The van der Waals surface area contributed by atoms with Crippen molar-refractivity contribution < 1.29 is 26.7 Å². The highest BCUT2D eigenvalue weighted by molar-refractivity contribution is 5.94. The fourth-order valence-corrected chi connectivity index (χ4v) is 5.43. The number of hydrogen-bond acceptors (Lipinski definition) is 6. The molecule has 1 aliphatic carbocycles. The summed E-state index contributed by atoms with van der Waals surface area (Å²) in [6, 6.07) is 8.00. The summed E-state index contributed by atoms with van der Waals surface area (Å²) >= 11 is 0. The Morgan fingerprint density at radius 2 is 2.03 bits per heavy atom. The van der Waals surface area contributed by atoms with E-state index in [0.717, 1.165) is 17.5 Å². The van der Waals surface area contributed by atoms with Crippen molar-refractivity contribution in [2.75, 3.05) is 13.2 Å². The third-order valence-corrected chi connectivity index (χ3v) is 7.69. The maximum atomic E-state index is 13.8. The molecule has 1 saturated heterocycles. The summed E-state index contributed by atoms with van der Waals surface area (Å²) in [5, 5.41) is 18.6. The number of halogens is 5. The zero-order chi connectivity index (χ0) is 27.4. The van der Waals surface area contributed by atoms with Crippen LogP contribution in [0.3, 0.4) is 0 Å². The second-order valence-electron chi connectivity index (χ2n) is 10.5. The van der Waals surface area contributed by atoms with Crippen LogP contribution in [-0.4, -0.2) is 55.1 Å². The Morgan fingerprint density at radius 3 is 2.67 bits per heavy atom. The molecule has 1 aliphatic heterocycles. The minimum absolute atomic E-state index is 0.0797. The molecule has 2 N–H and O–H groups in total. The second kappa shape index (κ2) is 9.33. The molecule has 0 spiro atoms. The van der Waals surface area contributed by atoms with E-state index < -0.39 is 23.8 Å². The van der Waals surface area contributed by atoms with Gasteiger partial charge in [-0.2, -0.15) is 18.3 Å². The summed E-state index contributed by atoms with van der Waals surface area (Å²) in [5.41, 5.74) is 0.949. The number of nitrogens with one attached hydrogen (secondary N) is 2. The summed E-state index contributed by atoms with van der Waals surface area (Å²) < 4.78 is 76.1. The van der Waals surface area contributed by atoms with Crippen LogP contribution in [-0.2, 0) is 36.3 Å². The minimum Gasteiger partial charge on any atom is -0.379 e. The highest BCUT2D eigenvalue weighted by Crippen LogP contribution is 2.39. The van der Waals surface area contributed by atoms with Crippen molar-refractivity contribution in [1.29, 1.82) is 0 Å². The van der Waals surface area contributed by atoms with E-state index in [-0.39, 0.29) is 42.3 Å². The first-order valence-electron chi connectivity index (χ1n) is 12.6. The highest BCUT2D eigenvalue weighted by atomic mass is 19.4. The van der Waals surface area contributed by atoms with E-state index >= 15 is 0 Å². The number of nitrogens with zero attached hydrogens (tertiary/aromatic N) is 5. The number of ether oxygens (including phenoxy) is 1. The highest BCUT2D eigenvalue weighted by Gasteiger charge is 2.42. The lowest BCUT2D eigenvalue weighted by atomic mass is 9.75. The van der Waals surface area contributed by atoms with Gasteiger partial charge in [-0.25, -0.2) is 13.8 Å². The molecule has 0 bridgehead atoms. The van der Waals surface area contributed by atoms with Crippen LogP contribution in [0.2, 0.25) is 0 Å². The first-order valence-corrected chi connectivity index (χ1v) is 12.6. The van der Waals surface area contributed by atoms with Gasteiger partial charge in [0.15, 0.2) is 0 Å². The third kappa shape index (κ3) is 4.89. The van der Waals surface area contributed by atoms with Crippen LogP contribution >= 0.6 is 0 Å². The lowest BCUT2D eigenvalue weighted by molar-refractivity contribution is -0.141. The molecule has 13 heteroatoms. The Balaban J connectivity index is 1.36. The number of pyridine rings is 1. The number of hydrogen-bond donors (Lipinski definition) is 2. The summed E-state index contributed by atoms with van der Waals surface area (Å²) in [4.78, 5) is 3.83. The van der Waals surface area contributed by atoms with Crippen LogP contribution in [0.15, 0.2) is 36.7 Å². The Kier molecular flexibility index (Phi) is 6.18. The number of fused-ring (bicyclic) bond motifs is 1. The molecule has 39 heavy (non-hydrogen) atoms. The molecule has 6 rings (SSSR count). The fourth-order valence-electron chi connectivity index (χ4n) is 5.43. The van der Waals surface area contributed by atoms with E-state index in [0.29, 0.717) is 36.4 Å². The summed E-state index contributed by atoms with van der Waals surface area (Å²) in [5.74, 6) is -1.97. The van der Waals surface area contributed by atoms with Gasteiger partial charge < -0.3 is 14.6 Å². The van der Waals surface area contributed by atoms with Gasteiger partial charge in [-0.05, 0) is 24.1 Å². The zero-order valence-electron chi connectivity index (χ0n) is 21.0. The number of alkyl halides is 5. The van der Waals surface area contributed by atoms with Crippen LogP contribution in [0.5, 0.6) is 0 Å². The molecule has 206 valence electrons. The standard InChI is InChI=1S/C26H26F5N7O/c1-38-14-33-35-21(38)10-24(12-39-13-24)16-4-2-3-15(7-16)22-18-8-20(26(29,30)31)34-19(23(18)37-36-22)11-32-17-5-6-25(27,28)9-17/h2-4,7-8,14,17,32H,5-6,9-13H2,1H3,(H,36,37)/t17-/m1/s1. The lowest BCUT2D eigenvalue weighted by Gasteiger charge is -2.41. The average molecular weight is 548 g/mol. The predicted octanol–water partition coefficient (Wildman–Crippen LogP) is 4.56. The van der Waals surface area contributed by atoms with Crippen molar-refractivity contribution in [1.82, 2.24) is 35.3 Å². The number of rotatable bonds is 7. The summed E-state index contributed by atoms with van der Waals surface area (Å²) in [7, 11) is 1.87. The van der Waals surface area contributed by atoms with E-state index in [1.807, 2.05) is 29.8 Å². The molecule has 1 saturated carbocycles. The number of aromatic nitrogens is 6. The second-order valence-corrected chi connectivity index (χ2v) is 10.5.